The second kappa shape index (κ2) is 9.50. The monoisotopic (exact) mass is 423 g/mol. The summed E-state index contributed by atoms with van der Waals surface area (Å²) in [5.41, 5.74) is 5.44. The van der Waals surface area contributed by atoms with Gasteiger partial charge >= 0.3 is 0 Å². The summed E-state index contributed by atoms with van der Waals surface area (Å²) in [4.78, 5) is 12.8. The summed E-state index contributed by atoms with van der Waals surface area (Å²) < 4.78 is 28.1. The van der Waals surface area contributed by atoms with E-state index in [4.69, 9.17) is 5.73 Å². The van der Waals surface area contributed by atoms with Gasteiger partial charge in [-0.3, -0.25) is 4.79 Å². The Morgan fingerprint density at radius 2 is 1.85 bits per heavy atom. The van der Waals surface area contributed by atoms with Crippen LogP contribution in [0.15, 0.2) is 16.3 Å². The molecule has 0 unspecified atom stereocenters. The molecule has 1 aromatic heterocycles. The minimum absolute atomic E-state index is 0. The van der Waals surface area contributed by atoms with E-state index in [2.05, 4.69) is 10.0 Å². The molecule has 4 N–H and O–H groups in total. The van der Waals surface area contributed by atoms with E-state index >= 15 is 0 Å². The Kier molecular flexibility index (Phi) is 8.54. The maximum Gasteiger partial charge on any atom is 0.250 e. The van der Waals surface area contributed by atoms with Gasteiger partial charge in [0, 0.05) is 28.9 Å². The summed E-state index contributed by atoms with van der Waals surface area (Å²) in [5.74, 6) is -0.00549. The van der Waals surface area contributed by atoms with E-state index in [0.29, 0.717) is 17.2 Å². The molecule has 1 fully saturated rings. The zero-order valence-electron chi connectivity index (χ0n) is 15.6. The van der Waals surface area contributed by atoms with E-state index in [1.807, 2.05) is 26.8 Å². The molecule has 6 nitrogen and oxygen atoms in total. The first-order valence-corrected chi connectivity index (χ1v) is 11.0. The fourth-order valence-corrected chi connectivity index (χ4v) is 5.39. The Morgan fingerprint density at radius 1 is 1.23 bits per heavy atom. The first kappa shape index (κ1) is 23.4. The van der Waals surface area contributed by atoms with Gasteiger partial charge in [0.15, 0.2) is 0 Å². The third-order valence-electron chi connectivity index (χ3n) is 4.33. The fourth-order valence-electron chi connectivity index (χ4n) is 2.72. The van der Waals surface area contributed by atoms with Gasteiger partial charge in [-0.2, -0.15) is 0 Å². The molecular formula is C17H30ClN3O3S2. The number of nitrogens with one attached hydrogen (secondary N) is 2. The molecule has 0 atom stereocenters. The number of carbonyl (C=O) groups is 1. The predicted octanol–water partition coefficient (Wildman–Crippen LogP) is 2.42. The molecule has 9 heteroatoms. The number of amides is 1. The topological polar surface area (TPSA) is 101 Å². The van der Waals surface area contributed by atoms with E-state index in [1.165, 1.54) is 11.3 Å². The molecule has 0 radical (unpaired) electrons. The maximum atomic E-state index is 12.5. The Bertz CT molecular complexity index is 690. The van der Waals surface area contributed by atoms with Crippen molar-refractivity contribution in [3.8, 4) is 0 Å². The molecule has 1 aliphatic rings. The third kappa shape index (κ3) is 6.81. The van der Waals surface area contributed by atoms with Crippen LogP contribution in [0, 0.1) is 5.41 Å². The lowest BCUT2D eigenvalue weighted by molar-refractivity contribution is -0.128. The van der Waals surface area contributed by atoms with Gasteiger partial charge in [-0.1, -0.05) is 20.8 Å². The van der Waals surface area contributed by atoms with Crippen LogP contribution in [0.2, 0.25) is 0 Å². The largest absolute Gasteiger partial charge is 0.355 e. The van der Waals surface area contributed by atoms with Crippen LogP contribution in [0.3, 0.4) is 0 Å². The van der Waals surface area contributed by atoms with Crippen LogP contribution >= 0.6 is 23.7 Å². The Labute approximate surface area is 166 Å². The highest BCUT2D eigenvalue weighted by molar-refractivity contribution is 7.91. The summed E-state index contributed by atoms with van der Waals surface area (Å²) >= 11 is 1.26. The number of thiophene rings is 1. The smallest absolute Gasteiger partial charge is 0.250 e. The van der Waals surface area contributed by atoms with Gasteiger partial charge in [-0.15, -0.1) is 23.7 Å². The zero-order valence-corrected chi connectivity index (χ0v) is 18.0. The average Bonchev–Trinajstić information content (AvgIpc) is 2.98. The molecule has 0 aliphatic heterocycles. The van der Waals surface area contributed by atoms with E-state index in [0.717, 1.165) is 30.6 Å². The average molecular weight is 424 g/mol. The fraction of sp³-hybridized carbons (Fsp3) is 0.706. The minimum atomic E-state index is -3.48. The predicted molar refractivity (Wildman–Crippen MR) is 108 cm³/mol. The van der Waals surface area contributed by atoms with E-state index in [-0.39, 0.29) is 30.4 Å². The second-order valence-electron chi connectivity index (χ2n) is 7.71. The molecule has 0 aromatic carbocycles. The number of halogens is 1. The van der Waals surface area contributed by atoms with E-state index < -0.39 is 15.4 Å². The summed E-state index contributed by atoms with van der Waals surface area (Å²) in [5, 5.41) is 2.88. The Hall–Kier alpha value is -0.670. The Morgan fingerprint density at radius 3 is 2.42 bits per heavy atom. The van der Waals surface area contributed by atoms with Crippen molar-refractivity contribution in [2.45, 2.75) is 69.2 Å². The van der Waals surface area contributed by atoms with Crippen LogP contribution in [-0.4, -0.2) is 33.0 Å². The number of nitrogens with two attached hydrogens (primary N) is 1. The SMILES string of the molecule is CC(C)(C)C(=O)NCCc1ccc(S(=O)(=O)NC2CCC(N)CC2)s1.Cl. The van der Waals surface area contributed by atoms with Gasteiger partial charge in [0.1, 0.15) is 4.21 Å². The van der Waals surface area contributed by atoms with Gasteiger partial charge in [0.05, 0.1) is 0 Å². The molecule has 1 heterocycles. The van der Waals surface area contributed by atoms with Crippen molar-refractivity contribution in [3.63, 3.8) is 0 Å². The highest BCUT2D eigenvalue weighted by atomic mass is 35.5. The minimum Gasteiger partial charge on any atom is -0.355 e. The van der Waals surface area contributed by atoms with Gasteiger partial charge in [0.25, 0.3) is 0 Å². The molecule has 0 saturated heterocycles. The number of hydrogen-bond acceptors (Lipinski definition) is 5. The summed E-state index contributed by atoms with van der Waals surface area (Å²) in [6.45, 7) is 6.09. The molecule has 26 heavy (non-hydrogen) atoms. The van der Waals surface area contributed by atoms with Crippen molar-refractivity contribution >= 4 is 39.7 Å². The van der Waals surface area contributed by atoms with Crippen LogP contribution in [0.25, 0.3) is 0 Å². The van der Waals surface area contributed by atoms with Crippen molar-refractivity contribution in [2.24, 2.45) is 11.1 Å². The van der Waals surface area contributed by atoms with Crippen molar-refractivity contribution in [3.05, 3.63) is 17.0 Å². The Balaban J connectivity index is 0.00000338. The van der Waals surface area contributed by atoms with Crippen LogP contribution in [-0.2, 0) is 21.2 Å². The van der Waals surface area contributed by atoms with Crippen LogP contribution in [0.5, 0.6) is 0 Å². The van der Waals surface area contributed by atoms with Gasteiger partial charge < -0.3 is 11.1 Å². The first-order chi connectivity index (χ1) is 11.6. The van der Waals surface area contributed by atoms with Crippen molar-refractivity contribution in [2.75, 3.05) is 6.54 Å². The van der Waals surface area contributed by atoms with E-state index in [1.54, 1.807) is 6.07 Å². The van der Waals surface area contributed by atoms with Crippen LogP contribution in [0.1, 0.15) is 51.3 Å². The lowest BCUT2D eigenvalue weighted by atomic mass is 9.93. The van der Waals surface area contributed by atoms with Crippen molar-refractivity contribution < 1.29 is 13.2 Å². The maximum absolute atomic E-state index is 12.5. The second-order valence-corrected chi connectivity index (χ2v) is 10.8. The molecule has 1 aliphatic carbocycles. The molecule has 2 rings (SSSR count). The molecule has 0 bridgehead atoms. The first-order valence-electron chi connectivity index (χ1n) is 8.73. The lowest BCUT2D eigenvalue weighted by Crippen LogP contribution is -2.40. The molecule has 150 valence electrons. The summed E-state index contributed by atoms with van der Waals surface area (Å²) in [7, 11) is -3.48. The molecule has 1 saturated carbocycles. The standard InChI is InChI=1S/C17H29N3O3S2.ClH/c1-17(2,3)16(21)19-11-10-14-8-9-15(24-14)25(22,23)20-13-6-4-12(18)5-7-13;/h8-9,12-13,20H,4-7,10-11,18H2,1-3H3,(H,19,21);1H. The molecule has 1 aromatic rings. The normalized spacial score (nSPS) is 21.1. The number of carbonyl (C=O) groups excluding carboxylic acids is 1. The highest BCUT2D eigenvalue weighted by Crippen LogP contribution is 2.24. The highest BCUT2D eigenvalue weighted by Gasteiger charge is 2.25. The quantitative estimate of drug-likeness (QED) is 0.653. The summed E-state index contributed by atoms with van der Waals surface area (Å²) in [6.07, 6.45) is 3.92. The zero-order chi connectivity index (χ0) is 18.7. The van der Waals surface area contributed by atoms with Crippen molar-refractivity contribution in [1.29, 1.82) is 0 Å². The lowest BCUT2D eigenvalue weighted by Gasteiger charge is -2.26. The molecular weight excluding hydrogens is 394 g/mol. The third-order valence-corrected chi connectivity index (χ3v) is 7.49. The number of rotatable bonds is 6. The number of hydrogen-bond donors (Lipinski definition) is 3. The van der Waals surface area contributed by atoms with Crippen LogP contribution in [0.4, 0.5) is 0 Å². The molecule has 1 amide bonds. The summed E-state index contributed by atoms with van der Waals surface area (Å²) in [6, 6.07) is 3.63. The van der Waals surface area contributed by atoms with Crippen molar-refractivity contribution in [1.82, 2.24) is 10.0 Å². The van der Waals surface area contributed by atoms with Gasteiger partial charge in [-0.25, -0.2) is 13.1 Å². The molecule has 0 spiro atoms. The van der Waals surface area contributed by atoms with E-state index in [9.17, 15) is 13.2 Å². The number of sulfonamides is 1. The van der Waals surface area contributed by atoms with Crippen LogP contribution < -0.4 is 15.8 Å². The van der Waals surface area contributed by atoms with Gasteiger partial charge in [0.2, 0.25) is 15.9 Å². The van der Waals surface area contributed by atoms with Gasteiger partial charge in [-0.05, 0) is 44.2 Å².